The molecule has 164 valence electrons. The van der Waals surface area contributed by atoms with Crippen molar-refractivity contribution in [3.8, 4) is 5.75 Å². The van der Waals surface area contributed by atoms with E-state index in [4.69, 9.17) is 10.5 Å². The van der Waals surface area contributed by atoms with Crippen LogP contribution in [0.15, 0.2) is 88.5 Å². The summed E-state index contributed by atoms with van der Waals surface area (Å²) in [5, 5.41) is 11.4. The second-order valence-electron chi connectivity index (χ2n) is 7.55. The molecule has 3 aromatic rings. The Morgan fingerprint density at radius 1 is 1.00 bits per heavy atom. The number of hydrogen-bond acceptors (Lipinski definition) is 7. The Hall–Kier alpha value is -3.85. The monoisotopic (exact) mass is 451 g/mol. The Balaban J connectivity index is 1.98. The normalized spacial score (nSPS) is 15.6. The van der Waals surface area contributed by atoms with E-state index in [0.29, 0.717) is 16.9 Å². The molecular formula is C23H21N3O5S. The zero-order valence-electron chi connectivity index (χ0n) is 17.4. The van der Waals surface area contributed by atoms with Gasteiger partial charge < -0.3 is 15.4 Å². The molecule has 0 amide bonds. The highest BCUT2D eigenvalue weighted by Gasteiger charge is 2.39. The Labute approximate surface area is 185 Å². The predicted octanol–water partition coefficient (Wildman–Crippen LogP) is 3.79. The summed E-state index contributed by atoms with van der Waals surface area (Å²) in [6, 6.07) is 19.2. The van der Waals surface area contributed by atoms with Crippen molar-refractivity contribution < 1.29 is 18.1 Å². The number of hydrogen-bond donors (Lipinski definition) is 1. The number of anilines is 1. The molecule has 9 heteroatoms. The summed E-state index contributed by atoms with van der Waals surface area (Å²) in [5.41, 5.74) is 7.88. The Kier molecular flexibility index (Phi) is 5.35. The fourth-order valence-electron chi connectivity index (χ4n) is 3.74. The molecule has 0 radical (unpaired) electrons. The molecule has 1 atom stereocenters. The van der Waals surface area contributed by atoms with Crippen LogP contribution in [0.5, 0.6) is 5.75 Å². The summed E-state index contributed by atoms with van der Waals surface area (Å²) in [6.45, 7) is 0. The smallest absolute Gasteiger partial charge is 0.269 e. The lowest BCUT2D eigenvalue weighted by Gasteiger charge is -2.30. The van der Waals surface area contributed by atoms with E-state index >= 15 is 0 Å². The summed E-state index contributed by atoms with van der Waals surface area (Å²) in [4.78, 5) is 12.7. The Bertz CT molecular complexity index is 1330. The number of sulfone groups is 1. The number of ether oxygens (including phenoxy) is 1. The molecule has 1 unspecified atom stereocenters. The van der Waals surface area contributed by atoms with Crippen LogP contribution in [0.2, 0.25) is 0 Å². The molecule has 1 aliphatic rings. The van der Waals surface area contributed by atoms with Crippen molar-refractivity contribution in [2.45, 2.75) is 10.8 Å². The molecule has 0 fully saturated rings. The number of nitro benzene ring substituents is 1. The number of rotatable bonds is 5. The summed E-state index contributed by atoms with van der Waals surface area (Å²) in [7, 11) is -0.325. The van der Waals surface area contributed by atoms with Gasteiger partial charge in [-0.3, -0.25) is 10.1 Å². The highest BCUT2D eigenvalue weighted by molar-refractivity contribution is 7.95. The van der Waals surface area contributed by atoms with E-state index in [9.17, 15) is 18.5 Å². The fraction of sp³-hybridized carbons (Fsp3) is 0.130. The van der Waals surface area contributed by atoms with Gasteiger partial charge >= 0.3 is 0 Å². The van der Waals surface area contributed by atoms with Gasteiger partial charge in [-0.05, 0) is 23.8 Å². The van der Waals surface area contributed by atoms with Crippen LogP contribution in [0.4, 0.5) is 11.4 Å². The molecule has 0 saturated carbocycles. The lowest BCUT2D eigenvalue weighted by atomic mass is 9.88. The van der Waals surface area contributed by atoms with Gasteiger partial charge in [-0.2, -0.15) is 0 Å². The second kappa shape index (κ2) is 8.01. The van der Waals surface area contributed by atoms with Crippen LogP contribution in [0.3, 0.4) is 0 Å². The van der Waals surface area contributed by atoms with Crippen molar-refractivity contribution in [2.24, 2.45) is 5.73 Å². The van der Waals surface area contributed by atoms with Gasteiger partial charge in [0.25, 0.3) is 5.69 Å². The maximum absolute atomic E-state index is 13.6. The average molecular weight is 452 g/mol. The summed E-state index contributed by atoms with van der Waals surface area (Å²) < 4.78 is 33.0. The third kappa shape index (κ3) is 3.67. The topological polar surface area (TPSA) is 116 Å². The first-order valence-electron chi connectivity index (χ1n) is 9.73. The largest absolute Gasteiger partial charge is 0.440 e. The van der Waals surface area contributed by atoms with Gasteiger partial charge in [-0.1, -0.05) is 36.4 Å². The number of nitrogens with two attached hydrogens (primary N) is 1. The van der Waals surface area contributed by atoms with E-state index in [1.165, 1.54) is 30.3 Å². The van der Waals surface area contributed by atoms with Gasteiger partial charge in [0.2, 0.25) is 15.7 Å². The van der Waals surface area contributed by atoms with Crippen LogP contribution in [0, 0.1) is 10.1 Å². The predicted molar refractivity (Wildman–Crippen MR) is 121 cm³/mol. The first-order chi connectivity index (χ1) is 15.2. The standard InChI is InChI=1S/C23H21N3O5S/c1-25(2)16-11-12-19-20(14-16)31-23(24)22(32(29,30)18-9-4-3-5-10-18)21(19)15-7-6-8-17(13-15)26(27)28/h3-14,21H,24H2,1-2H3. The molecule has 4 rings (SSSR count). The number of allylic oxidation sites excluding steroid dienone is 1. The lowest BCUT2D eigenvalue weighted by molar-refractivity contribution is -0.384. The third-order valence-electron chi connectivity index (χ3n) is 5.31. The molecule has 0 aliphatic carbocycles. The minimum Gasteiger partial charge on any atom is -0.440 e. The molecule has 3 aromatic carbocycles. The summed E-state index contributed by atoms with van der Waals surface area (Å²) in [6.07, 6.45) is 0. The van der Waals surface area contributed by atoms with Gasteiger partial charge in [-0.25, -0.2) is 8.42 Å². The summed E-state index contributed by atoms with van der Waals surface area (Å²) in [5.74, 6) is -0.731. The quantitative estimate of drug-likeness (QED) is 0.463. The van der Waals surface area contributed by atoms with E-state index in [0.717, 1.165) is 5.69 Å². The van der Waals surface area contributed by atoms with E-state index in [2.05, 4.69) is 0 Å². The number of fused-ring (bicyclic) bond motifs is 1. The minimum absolute atomic E-state index is 0.0605. The fourth-order valence-corrected chi connectivity index (χ4v) is 5.39. The number of nitro groups is 1. The highest BCUT2D eigenvalue weighted by Crippen LogP contribution is 2.47. The SMILES string of the molecule is CN(C)c1ccc2c(c1)OC(N)=C(S(=O)(=O)c1ccccc1)C2c1cccc([N+](=O)[O-])c1. The van der Waals surface area contributed by atoms with Crippen molar-refractivity contribution in [3.63, 3.8) is 0 Å². The van der Waals surface area contributed by atoms with Gasteiger partial charge in [0.05, 0.1) is 15.7 Å². The first-order valence-corrected chi connectivity index (χ1v) is 11.2. The average Bonchev–Trinajstić information content (AvgIpc) is 2.78. The van der Waals surface area contributed by atoms with E-state index < -0.39 is 20.7 Å². The molecular weight excluding hydrogens is 430 g/mol. The molecule has 1 aliphatic heterocycles. The van der Waals surface area contributed by atoms with Crippen LogP contribution in [-0.4, -0.2) is 27.4 Å². The molecule has 32 heavy (non-hydrogen) atoms. The second-order valence-corrected chi connectivity index (χ2v) is 9.47. The minimum atomic E-state index is -4.06. The zero-order valence-corrected chi connectivity index (χ0v) is 18.2. The van der Waals surface area contributed by atoms with Gasteiger partial charge in [-0.15, -0.1) is 0 Å². The Morgan fingerprint density at radius 2 is 1.72 bits per heavy atom. The number of non-ortho nitro benzene ring substituents is 1. The number of nitrogens with zero attached hydrogens (tertiary/aromatic N) is 2. The number of benzene rings is 3. The van der Waals surface area contributed by atoms with E-state index in [1.807, 2.05) is 25.1 Å². The molecule has 0 spiro atoms. The van der Waals surface area contributed by atoms with Gasteiger partial charge in [0, 0.05) is 43.5 Å². The highest BCUT2D eigenvalue weighted by atomic mass is 32.2. The summed E-state index contributed by atoms with van der Waals surface area (Å²) >= 11 is 0. The van der Waals surface area contributed by atoms with Crippen LogP contribution in [0.25, 0.3) is 0 Å². The first kappa shape index (κ1) is 21.4. The van der Waals surface area contributed by atoms with Crippen LogP contribution in [-0.2, 0) is 9.84 Å². The third-order valence-corrected chi connectivity index (χ3v) is 7.22. The maximum atomic E-state index is 13.6. The van der Waals surface area contributed by atoms with Crippen LogP contribution in [0.1, 0.15) is 17.0 Å². The van der Waals surface area contributed by atoms with Crippen molar-refractivity contribution in [1.29, 1.82) is 0 Å². The maximum Gasteiger partial charge on any atom is 0.269 e. The van der Waals surface area contributed by atoms with E-state index in [1.54, 1.807) is 36.4 Å². The van der Waals surface area contributed by atoms with Crippen molar-refractivity contribution in [2.75, 3.05) is 19.0 Å². The molecule has 0 bridgehead atoms. The van der Waals surface area contributed by atoms with Crippen LogP contribution >= 0.6 is 0 Å². The van der Waals surface area contributed by atoms with Gasteiger partial charge in [0.15, 0.2) is 0 Å². The lowest BCUT2D eigenvalue weighted by Crippen LogP contribution is -2.27. The Morgan fingerprint density at radius 3 is 2.38 bits per heavy atom. The molecule has 2 N–H and O–H groups in total. The van der Waals surface area contributed by atoms with Crippen molar-refractivity contribution >= 4 is 21.2 Å². The zero-order chi connectivity index (χ0) is 23.0. The van der Waals surface area contributed by atoms with Crippen LogP contribution < -0.4 is 15.4 Å². The molecule has 0 aromatic heterocycles. The van der Waals surface area contributed by atoms with Crippen molar-refractivity contribution in [1.82, 2.24) is 0 Å². The molecule has 1 heterocycles. The molecule has 8 nitrogen and oxygen atoms in total. The van der Waals surface area contributed by atoms with E-state index in [-0.39, 0.29) is 21.4 Å². The van der Waals surface area contributed by atoms with Gasteiger partial charge in [0.1, 0.15) is 10.7 Å². The molecule has 0 saturated heterocycles. The van der Waals surface area contributed by atoms with Crippen molar-refractivity contribution in [3.05, 3.63) is 105 Å².